The van der Waals surface area contributed by atoms with Crippen molar-refractivity contribution in [3.05, 3.63) is 30.1 Å². The fourth-order valence-electron chi connectivity index (χ4n) is 2.14. The van der Waals surface area contributed by atoms with Crippen molar-refractivity contribution in [2.24, 2.45) is 0 Å². The second kappa shape index (κ2) is 4.53. The maximum Gasteiger partial charge on any atom is 0.196 e. The maximum atomic E-state index is 5.90. The highest BCUT2D eigenvalue weighted by Crippen LogP contribution is 2.31. The highest BCUT2D eigenvalue weighted by atomic mass is 16.3. The van der Waals surface area contributed by atoms with Crippen LogP contribution in [0.5, 0.6) is 0 Å². The second-order valence-corrected chi connectivity index (χ2v) is 4.85. The van der Waals surface area contributed by atoms with Crippen LogP contribution in [0.3, 0.4) is 0 Å². The van der Waals surface area contributed by atoms with Crippen LogP contribution in [-0.4, -0.2) is 16.0 Å². The normalized spacial score (nSPS) is 13.0. The second-order valence-electron chi connectivity index (χ2n) is 4.85. The van der Waals surface area contributed by atoms with Gasteiger partial charge in [0.15, 0.2) is 11.4 Å². The highest BCUT2D eigenvalue weighted by molar-refractivity contribution is 6.05. The molecule has 0 spiro atoms. The molecule has 0 radical (unpaired) electrons. The van der Waals surface area contributed by atoms with E-state index in [4.69, 9.17) is 4.42 Å². The smallest absolute Gasteiger partial charge is 0.196 e. The molecule has 1 N–H and O–H groups in total. The molecule has 2 aromatic heterocycles. The summed E-state index contributed by atoms with van der Waals surface area (Å²) >= 11 is 0. The Hall–Kier alpha value is -2.10. The lowest BCUT2D eigenvalue weighted by Crippen LogP contribution is -2.15. The average Bonchev–Trinajstić information content (AvgIpc) is 2.77. The third kappa shape index (κ3) is 2.03. The Kier molecular flexibility index (Phi) is 2.85. The van der Waals surface area contributed by atoms with E-state index in [2.05, 4.69) is 29.1 Å². The fourth-order valence-corrected chi connectivity index (χ4v) is 2.14. The molecule has 2 heterocycles. The molecule has 19 heavy (non-hydrogen) atoms. The quantitative estimate of drug-likeness (QED) is 0.771. The molecular formula is C15H17N3O. The van der Waals surface area contributed by atoms with Gasteiger partial charge in [-0.3, -0.25) is 0 Å². The monoisotopic (exact) mass is 255 g/mol. The maximum absolute atomic E-state index is 5.90. The Balaban J connectivity index is 2.26. The van der Waals surface area contributed by atoms with Crippen LogP contribution in [0.15, 0.2) is 28.7 Å². The number of hydrogen-bond donors (Lipinski definition) is 1. The fraction of sp³-hybridized carbons (Fsp3) is 0.333. The standard InChI is InChI=1S/C15H17N3O/c1-4-9(2)16-15-14-13(17-10(3)18-15)11-7-5-6-8-12(11)19-14/h5-9H,4H2,1-3H3,(H,16,17,18)/t9-/m1/s1. The summed E-state index contributed by atoms with van der Waals surface area (Å²) in [6.45, 7) is 6.18. The van der Waals surface area contributed by atoms with Crippen LogP contribution in [0, 0.1) is 6.92 Å². The summed E-state index contributed by atoms with van der Waals surface area (Å²) in [4.78, 5) is 8.98. The highest BCUT2D eigenvalue weighted by Gasteiger charge is 2.15. The minimum Gasteiger partial charge on any atom is -0.450 e. The first kappa shape index (κ1) is 12.0. The molecule has 98 valence electrons. The molecule has 3 rings (SSSR count). The zero-order valence-electron chi connectivity index (χ0n) is 11.4. The van der Waals surface area contributed by atoms with Gasteiger partial charge in [-0.15, -0.1) is 0 Å². The van der Waals surface area contributed by atoms with Crippen molar-refractivity contribution in [1.82, 2.24) is 9.97 Å². The van der Waals surface area contributed by atoms with E-state index in [1.807, 2.05) is 31.2 Å². The van der Waals surface area contributed by atoms with E-state index >= 15 is 0 Å². The number of aryl methyl sites for hydroxylation is 1. The van der Waals surface area contributed by atoms with E-state index in [9.17, 15) is 0 Å². The van der Waals surface area contributed by atoms with Gasteiger partial charge in [0.05, 0.1) is 0 Å². The van der Waals surface area contributed by atoms with Crippen LogP contribution in [0.25, 0.3) is 22.1 Å². The lowest BCUT2D eigenvalue weighted by Gasteiger charge is -2.12. The zero-order chi connectivity index (χ0) is 13.4. The van der Waals surface area contributed by atoms with Gasteiger partial charge < -0.3 is 9.73 Å². The zero-order valence-corrected chi connectivity index (χ0v) is 11.4. The average molecular weight is 255 g/mol. The summed E-state index contributed by atoms with van der Waals surface area (Å²) in [5, 5.41) is 4.43. The van der Waals surface area contributed by atoms with E-state index in [0.717, 1.165) is 40.1 Å². The summed E-state index contributed by atoms with van der Waals surface area (Å²) in [6, 6.07) is 8.30. The predicted octanol–water partition coefficient (Wildman–Crippen LogP) is 3.89. The van der Waals surface area contributed by atoms with Crippen LogP contribution in [0.2, 0.25) is 0 Å². The first-order valence-corrected chi connectivity index (χ1v) is 6.61. The molecule has 0 saturated heterocycles. The van der Waals surface area contributed by atoms with Crippen LogP contribution in [-0.2, 0) is 0 Å². The molecule has 3 aromatic rings. The molecule has 0 aliphatic rings. The number of furan rings is 1. The van der Waals surface area contributed by atoms with Gasteiger partial charge in [-0.25, -0.2) is 9.97 Å². The van der Waals surface area contributed by atoms with E-state index in [1.54, 1.807) is 0 Å². The van der Waals surface area contributed by atoms with E-state index < -0.39 is 0 Å². The number of benzene rings is 1. The Morgan fingerprint density at radius 2 is 2.05 bits per heavy atom. The molecular weight excluding hydrogens is 238 g/mol. The molecule has 0 fully saturated rings. The van der Waals surface area contributed by atoms with E-state index in [0.29, 0.717) is 6.04 Å². The van der Waals surface area contributed by atoms with Gasteiger partial charge in [0.2, 0.25) is 0 Å². The third-order valence-electron chi connectivity index (χ3n) is 3.33. The molecule has 4 nitrogen and oxygen atoms in total. The van der Waals surface area contributed by atoms with Gasteiger partial charge >= 0.3 is 0 Å². The number of rotatable bonds is 3. The molecule has 0 saturated carbocycles. The van der Waals surface area contributed by atoms with Crippen molar-refractivity contribution in [2.75, 3.05) is 5.32 Å². The Labute approximate surface area is 111 Å². The predicted molar refractivity (Wildman–Crippen MR) is 77.4 cm³/mol. The molecule has 4 heteroatoms. The molecule has 0 amide bonds. The SMILES string of the molecule is CC[C@@H](C)Nc1nc(C)nc2c1oc1ccccc12. The number of nitrogens with zero attached hydrogens (tertiary/aromatic N) is 2. The Morgan fingerprint density at radius 1 is 1.26 bits per heavy atom. The van der Waals surface area contributed by atoms with Gasteiger partial charge in [0.1, 0.15) is 16.9 Å². The lowest BCUT2D eigenvalue weighted by atomic mass is 10.2. The summed E-state index contributed by atoms with van der Waals surface area (Å²) in [6.07, 6.45) is 1.03. The lowest BCUT2D eigenvalue weighted by molar-refractivity contribution is 0.662. The van der Waals surface area contributed by atoms with Crippen LogP contribution >= 0.6 is 0 Å². The molecule has 0 aliphatic carbocycles. The molecule has 1 aromatic carbocycles. The minimum absolute atomic E-state index is 0.353. The molecule has 1 atom stereocenters. The number of fused-ring (bicyclic) bond motifs is 3. The first-order valence-electron chi connectivity index (χ1n) is 6.61. The third-order valence-corrected chi connectivity index (χ3v) is 3.33. The van der Waals surface area contributed by atoms with Gasteiger partial charge in [-0.1, -0.05) is 19.1 Å². The topological polar surface area (TPSA) is 51.0 Å². The number of para-hydroxylation sites is 1. The van der Waals surface area contributed by atoms with Gasteiger partial charge in [-0.2, -0.15) is 0 Å². The van der Waals surface area contributed by atoms with Crippen molar-refractivity contribution in [3.63, 3.8) is 0 Å². The molecule has 0 bridgehead atoms. The van der Waals surface area contributed by atoms with Crippen molar-refractivity contribution in [3.8, 4) is 0 Å². The van der Waals surface area contributed by atoms with Crippen molar-refractivity contribution >= 4 is 27.9 Å². The van der Waals surface area contributed by atoms with E-state index in [-0.39, 0.29) is 0 Å². The van der Waals surface area contributed by atoms with Crippen LogP contribution in [0.4, 0.5) is 5.82 Å². The minimum atomic E-state index is 0.353. The summed E-state index contributed by atoms with van der Waals surface area (Å²) in [7, 11) is 0. The summed E-state index contributed by atoms with van der Waals surface area (Å²) in [5.74, 6) is 1.54. The number of hydrogen-bond acceptors (Lipinski definition) is 4. The number of aromatic nitrogens is 2. The Morgan fingerprint density at radius 3 is 2.84 bits per heavy atom. The van der Waals surface area contributed by atoms with Gasteiger partial charge in [0, 0.05) is 11.4 Å². The number of anilines is 1. The van der Waals surface area contributed by atoms with Gasteiger partial charge in [-0.05, 0) is 32.4 Å². The van der Waals surface area contributed by atoms with Crippen LogP contribution < -0.4 is 5.32 Å². The summed E-state index contributed by atoms with van der Waals surface area (Å²) in [5.41, 5.74) is 2.48. The van der Waals surface area contributed by atoms with Gasteiger partial charge in [0.25, 0.3) is 0 Å². The molecule has 0 aliphatic heterocycles. The summed E-state index contributed by atoms with van der Waals surface area (Å²) < 4.78 is 5.90. The van der Waals surface area contributed by atoms with Crippen molar-refractivity contribution in [1.29, 1.82) is 0 Å². The Bertz CT molecular complexity index is 733. The largest absolute Gasteiger partial charge is 0.450 e. The first-order chi connectivity index (χ1) is 9.19. The van der Waals surface area contributed by atoms with Crippen molar-refractivity contribution < 1.29 is 4.42 Å². The van der Waals surface area contributed by atoms with E-state index in [1.165, 1.54) is 0 Å². The number of nitrogens with one attached hydrogen (secondary N) is 1. The van der Waals surface area contributed by atoms with Crippen molar-refractivity contribution in [2.45, 2.75) is 33.2 Å². The molecule has 0 unspecified atom stereocenters. The van der Waals surface area contributed by atoms with Crippen LogP contribution in [0.1, 0.15) is 26.1 Å².